The number of carboxylic acid groups (broad SMARTS) is 1. The van der Waals surface area contributed by atoms with Crippen LogP contribution in [-0.2, 0) is 9.53 Å². The number of carbonyl (C=O) groups is 2. The minimum atomic E-state index is -1.04. The van der Waals surface area contributed by atoms with Crippen molar-refractivity contribution in [1.82, 2.24) is 0 Å². The van der Waals surface area contributed by atoms with Crippen LogP contribution < -0.4 is 0 Å². The zero-order valence-electron chi connectivity index (χ0n) is 10.00. The highest BCUT2D eigenvalue weighted by Crippen LogP contribution is 2.10. The molecule has 0 aliphatic rings. The molecule has 0 saturated heterocycles. The summed E-state index contributed by atoms with van der Waals surface area (Å²) in [7, 11) is 0. The summed E-state index contributed by atoms with van der Waals surface area (Å²) >= 11 is 0. The van der Waals surface area contributed by atoms with E-state index in [0.29, 0.717) is 5.56 Å². The Morgan fingerprint density at radius 2 is 2.00 bits per heavy atom. The van der Waals surface area contributed by atoms with E-state index in [9.17, 15) is 9.59 Å². The smallest absolute Gasteiger partial charge is 0.349 e. The molecule has 0 saturated carbocycles. The van der Waals surface area contributed by atoms with Crippen LogP contribution in [-0.4, -0.2) is 23.7 Å². The summed E-state index contributed by atoms with van der Waals surface area (Å²) in [5.74, 6) is -1.79. The Kier molecular flexibility index (Phi) is 5.05. The molecule has 19 heavy (non-hydrogen) atoms. The summed E-state index contributed by atoms with van der Waals surface area (Å²) in [6.07, 6.45) is 2.73. The first-order chi connectivity index (χ1) is 9.08. The largest absolute Gasteiger partial charge is 0.478 e. The second-order valence-electron chi connectivity index (χ2n) is 3.48. The van der Waals surface area contributed by atoms with E-state index in [0.717, 1.165) is 0 Å². The Labute approximate surface area is 110 Å². The summed E-state index contributed by atoms with van der Waals surface area (Å²) in [5.41, 5.74) is 0.506. The van der Waals surface area contributed by atoms with Gasteiger partial charge in [-0.1, -0.05) is 24.8 Å². The van der Waals surface area contributed by atoms with Gasteiger partial charge in [-0.15, -0.1) is 0 Å². The molecular weight excluding hydrogens is 246 g/mol. The molecule has 0 aromatic heterocycles. The summed E-state index contributed by atoms with van der Waals surface area (Å²) in [6, 6.07) is 7.51. The van der Waals surface area contributed by atoms with Gasteiger partial charge in [0, 0.05) is 0 Å². The molecule has 5 heteroatoms. The minimum Gasteiger partial charge on any atom is -0.478 e. The first kappa shape index (κ1) is 14.2. The minimum absolute atomic E-state index is 0.0236. The molecule has 0 unspecified atom stereocenters. The number of hydrogen-bond acceptors (Lipinski definition) is 4. The molecule has 0 fully saturated rings. The molecule has 0 heterocycles. The number of nitriles is 1. The zero-order valence-corrected chi connectivity index (χ0v) is 10.00. The Morgan fingerprint density at radius 1 is 1.37 bits per heavy atom. The predicted molar refractivity (Wildman–Crippen MR) is 68.1 cm³/mol. The fourth-order valence-corrected chi connectivity index (χ4v) is 1.24. The highest BCUT2D eigenvalue weighted by molar-refractivity contribution is 5.98. The van der Waals surface area contributed by atoms with E-state index in [4.69, 9.17) is 15.1 Å². The van der Waals surface area contributed by atoms with E-state index in [2.05, 4.69) is 6.58 Å². The molecule has 0 bridgehead atoms. The van der Waals surface area contributed by atoms with Crippen LogP contribution in [0.25, 0.3) is 6.08 Å². The average Bonchev–Trinajstić information content (AvgIpc) is 2.42. The lowest BCUT2D eigenvalue weighted by molar-refractivity contribution is -0.137. The Balaban J connectivity index is 2.92. The fraction of sp³-hybridized carbons (Fsp3) is 0.0714. The SMILES string of the molecule is C=CCOC(=O)/C(C#N)=C/c1ccc(C(=O)O)cc1. The maximum absolute atomic E-state index is 11.5. The molecule has 5 nitrogen and oxygen atoms in total. The molecule has 0 spiro atoms. The predicted octanol–water partition coefficient (Wildman–Crippen LogP) is 2.02. The van der Waals surface area contributed by atoms with Gasteiger partial charge in [-0.3, -0.25) is 0 Å². The quantitative estimate of drug-likeness (QED) is 0.377. The number of rotatable bonds is 5. The Morgan fingerprint density at radius 3 is 2.47 bits per heavy atom. The topological polar surface area (TPSA) is 87.4 Å². The number of esters is 1. The van der Waals surface area contributed by atoms with Crippen LogP contribution in [0, 0.1) is 11.3 Å². The van der Waals surface area contributed by atoms with Gasteiger partial charge in [0.25, 0.3) is 0 Å². The van der Waals surface area contributed by atoms with Gasteiger partial charge in [0.2, 0.25) is 0 Å². The van der Waals surface area contributed by atoms with Gasteiger partial charge in [0.1, 0.15) is 18.2 Å². The van der Waals surface area contributed by atoms with Crippen molar-refractivity contribution in [2.75, 3.05) is 6.61 Å². The molecule has 0 radical (unpaired) electrons. The van der Waals surface area contributed by atoms with Crippen LogP contribution in [0.15, 0.2) is 42.5 Å². The second kappa shape index (κ2) is 6.77. The summed E-state index contributed by atoms with van der Waals surface area (Å²) in [5, 5.41) is 17.6. The van der Waals surface area contributed by atoms with Crippen LogP contribution in [0.2, 0.25) is 0 Å². The fourth-order valence-electron chi connectivity index (χ4n) is 1.24. The molecular formula is C14H11NO4. The van der Waals surface area contributed by atoms with Crippen molar-refractivity contribution in [3.63, 3.8) is 0 Å². The van der Waals surface area contributed by atoms with Crippen LogP contribution in [0.4, 0.5) is 0 Å². The molecule has 1 rings (SSSR count). The van der Waals surface area contributed by atoms with Gasteiger partial charge in [-0.05, 0) is 23.8 Å². The van der Waals surface area contributed by atoms with Crippen molar-refractivity contribution >= 4 is 18.0 Å². The lowest BCUT2D eigenvalue weighted by atomic mass is 10.1. The number of hydrogen-bond donors (Lipinski definition) is 1. The van der Waals surface area contributed by atoms with Gasteiger partial charge >= 0.3 is 11.9 Å². The monoisotopic (exact) mass is 257 g/mol. The van der Waals surface area contributed by atoms with Gasteiger partial charge in [0.05, 0.1) is 5.56 Å². The van der Waals surface area contributed by atoms with Crippen LogP contribution in [0.3, 0.4) is 0 Å². The molecule has 0 aliphatic carbocycles. The zero-order chi connectivity index (χ0) is 14.3. The van der Waals surface area contributed by atoms with Gasteiger partial charge in [-0.25, -0.2) is 9.59 Å². The summed E-state index contributed by atoms with van der Waals surface area (Å²) in [4.78, 5) is 22.1. The number of aromatic carboxylic acids is 1. The molecule has 1 aromatic rings. The Bertz CT molecular complexity index is 564. The van der Waals surface area contributed by atoms with Crippen LogP contribution in [0.5, 0.6) is 0 Å². The standard InChI is InChI=1S/C14H11NO4/c1-2-7-19-14(18)12(9-15)8-10-3-5-11(6-4-10)13(16)17/h2-6,8H,1,7H2,(H,16,17)/b12-8+. The summed E-state index contributed by atoms with van der Waals surface area (Å²) in [6.45, 7) is 3.42. The maximum Gasteiger partial charge on any atom is 0.349 e. The van der Waals surface area contributed by atoms with Crippen molar-refractivity contribution < 1.29 is 19.4 Å². The summed E-state index contributed by atoms with van der Waals surface area (Å²) < 4.78 is 4.74. The molecule has 1 N–H and O–H groups in total. The third kappa shape index (κ3) is 4.13. The van der Waals surface area contributed by atoms with Crippen LogP contribution >= 0.6 is 0 Å². The Hall–Kier alpha value is -2.87. The molecule has 0 aliphatic heterocycles. The van der Waals surface area contributed by atoms with E-state index in [1.165, 1.54) is 36.4 Å². The number of nitrogens with zero attached hydrogens (tertiary/aromatic N) is 1. The van der Waals surface area contributed by atoms with Crippen molar-refractivity contribution in [3.8, 4) is 6.07 Å². The average molecular weight is 257 g/mol. The first-order valence-corrected chi connectivity index (χ1v) is 5.31. The van der Waals surface area contributed by atoms with Crippen molar-refractivity contribution in [2.24, 2.45) is 0 Å². The third-order valence-electron chi connectivity index (χ3n) is 2.14. The van der Waals surface area contributed by atoms with Crippen molar-refractivity contribution in [2.45, 2.75) is 0 Å². The number of carbonyl (C=O) groups excluding carboxylic acids is 1. The molecule has 0 atom stereocenters. The van der Waals surface area contributed by atoms with Crippen molar-refractivity contribution in [1.29, 1.82) is 5.26 Å². The van der Waals surface area contributed by atoms with Gasteiger partial charge in [-0.2, -0.15) is 5.26 Å². The van der Waals surface area contributed by atoms with Gasteiger partial charge in [0.15, 0.2) is 0 Å². The number of benzene rings is 1. The van der Waals surface area contributed by atoms with E-state index >= 15 is 0 Å². The number of carboxylic acids is 1. The normalized spacial score (nSPS) is 10.4. The van der Waals surface area contributed by atoms with E-state index in [-0.39, 0.29) is 17.7 Å². The van der Waals surface area contributed by atoms with E-state index < -0.39 is 11.9 Å². The van der Waals surface area contributed by atoms with Crippen molar-refractivity contribution in [3.05, 3.63) is 53.6 Å². The molecule has 96 valence electrons. The molecule has 0 amide bonds. The van der Waals surface area contributed by atoms with E-state index in [1.54, 1.807) is 6.07 Å². The third-order valence-corrected chi connectivity index (χ3v) is 2.14. The highest BCUT2D eigenvalue weighted by Gasteiger charge is 2.10. The lowest BCUT2D eigenvalue weighted by Crippen LogP contribution is -2.06. The number of ether oxygens (including phenoxy) is 1. The first-order valence-electron chi connectivity index (χ1n) is 5.31. The highest BCUT2D eigenvalue weighted by atomic mass is 16.5. The van der Waals surface area contributed by atoms with Crippen LogP contribution in [0.1, 0.15) is 15.9 Å². The maximum atomic E-state index is 11.5. The molecule has 1 aromatic carbocycles. The second-order valence-corrected chi connectivity index (χ2v) is 3.48. The van der Waals surface area contributed by atoms with E-state index in [1.807, 2.05) is 0 Å². The van der Waals surface area contributed by atoms with Gasteiger partial charge < -0.3 is 9.84 Å². The lowest BCUT2D eigenvalue weighted by Gasteiger charge is -2.00.